The summed E-state index contributed by atoms with van der Waals surface area (Å²) in [5.74, 6) is 0. The van der Waals surface area contributed by atoms with Crippen molar-refractivity contribution >= 4 is 58.8 Å². The van der Waals surface area contributed by atoms with Crippen LogP contribution >= 0.6 is 47.6 Å². The molecule has 0 bridgehead atoms. The van der Waals surface area contributed by atoms with E-state index in [1.807, 2.05) is 27.7 Å². The Morgan fingerprint density at radius 2 is 1.55 bits per heavy atom. The second-order valence-corrected chi connectivity index (χ2v) is 10.0. The Bertz CT molecular complexity index is 931. The van der Waals surface area contributed by atoms with E-state index in [-0.39, 0.29) is 24.2 Å². The number of rotatable bonds is 3. The van der Waals surface area contributed by atoms with Gasteiger partial charge in [-0.25, -0.2) is 9.03 Å². The van der Waals surface area contributed by atoms with Crippen LogP contribution in [-0.4, -0.2) is 35.5 Å². The smallest absolute Gasteiger partial charge is 0.0668 e. The van der Waals surface area contributed by atoms with Crippen molar-refractivity contribution in [2.24, 2.45) is 5.73 Å². The van der Waals surface area contributed by atoms with Crippen molar-refractivity contribution in [3.05, 3.63) is 68.1 Å². The lowest BCUT2D eigenvalue weighted by molar-refractivity contribution is 0.452. The number of thiol groups is 1. The van der Waals surface area contributed by atoms with Gasteiger partial charge in [-0.05, 0) is 52.2 Å². The molecule has 8 heteroatoms. The summed E-state index contributed by atoms with van der Waals surface area (Å²) in [4.78, 5) is 2.54. The zero-order valence-electron chi connectivity index (χ0n) is 18.6. The fourth-order valence-electron chi connectivity index (χ4n) is 4.16. The molecular formula is C23H32N4S4. The van der Waals surface area contributed by atoms with E-state index in [4.69, 9.17) is 5.73 Å². The van der Waals surface area contributed by atoms with Crippen molar-refractivity contribution in [3.8, 4) is 0 Å². The first-order chi connectivity index (χ1) is 15.2. The van der Waals surface area contributed by atoms with Crippen LogP contribution in [0.5, 0.6) is 0 Å². The highest BCUT2D eigenvalue weighted by Crippen LogP contribution is 2.46. The van der Waals surface area contributed by atoms with Gasteiger partial charge in [-0.3, -0.25) is 4.72 Å². The van der Waals surface area contributed by atoms with Gasteiger partial charge in [0.15, 0.2) is 0 Å². The average molecular weight is 493 g/mol. The van der Waals surface area contributed by atoms with Gasteiger partial charge < -0.3 is 5.73 Å². The van der Waals surface area contributed by atoms with Crippen LogP contribution in [0.2, 0.25) is 0 Å². The second-order valence-electron chi connectivity index (χ2n) is 6.88. The SMILES string of the molecule is CC.CC.CN1SNC2C(c3cccs3)=CC3=C(C=C(c4cccs4)C(N)C3NS)C21. The maximum absolute atomic E-state index is 6.70. The highest BCUT2D eigenvalue weighted by atomic mass is 32.2. The molecule has 3 aliphatic rings. The molecule has 4 N–H and O–H groups in total. The summed E-state index contributed by atoms with van der Waals surface area (Å²) >= 11 is 9.66. The fourth-order valence-corrected chi connectivity index (χ4v) is 6.92. The Hall–Kier alpha value is -0.840. The lowest BCUT2D eigenvalue weighted by atomic mass is 9.75. The molecule has 1 aliphatic heterocycles. The van der Waals surface area contributed by atoms with Crippen LogP contribution in [-0.2, 0) is 0 Å². The number of nitrogens with zero attached hydrogens (tertiary/aromatic N) is 1. The number of thiophene rings is 2. The lowest BCUT2D eigenvalue weighted by Crippen LogP contribution is -2.49. The van der Waals surface area contributed by atoms with Crippen LogP contribution < -0.4 is 15.2 Å². The van der Waals surface area contributed by atoms with E-state index in [0.717, 1.165) is 0 Å². The summed E-state index contributed by atoms with van der Waals surface area (Å²) in [7, 11) is 2.15. The highest BCUT2D eigenvalue weighted by molar-refractivity contribution is 7.95. The topological polar surface area (TPSA) is 53.3 Å². The van der Waals surface area contributed by atoms with E-state index in [9.17, 15) is 0 Å². The van der Waals surface area contributed by atoms with Gasteiger partial charge in [0.2, 0.25) is 0 Å². The Kier molecular flexibility index (Phi) is 9.07. The van der Waals surface area contributed by atoms with Gasteiger partial charge in [0.25, 0.3) is 0 Å². The first-order valence-electron chi connectivity index (χ1n) is 10.7. The van der Waals surface area contributed by atoms with E-state index in [2.05, 4.69) is 80.8 Å². The summed E-state index contributed by atoms with van der Waals surface area (Å²) in [6.07, 6.45) is 4.64. The molecule has 1 saturated heterocycles. The van der Waals surface area contributed by atoms with Crippen molar-refractivity contribution in [1.82, 2.24) is 13.7 Å². The van der Waals surface area contributed by atoms with E-state index in [1.54, 1.807) is 34.8 Å². The molecule has 1 fully saturated rings. The predicted octanol–water partition coefficient (Wildman–Crippen LogP) is 5.62. The molecule has 2 aromatic heterocycles. The van der Waals surface area contributed by atoms with Crippen molar-refractivity contribution in [3.63, 3.8) is 0 Å². The van der Waals surface area contributed by atoms with Crippen LogP contribution in [0.15, 0.2) is 58.3 Å². The van der Waals surface area contributed by atoms with E-state index < -0.39 is 0 Å². The number of fused-ring (bicyclic) bond motifs is 2. The molecule has 0 radical (unpaired) electrons. The Morgan fingerprint density at radius 3 is 2.10 bits per heavy atom. The fraction of sp³-hybridized carbons (Fsp3) is 0.391. The summed E-state index contributed by atoms with van der Waals surface area (Å²) in [5.41, 5.74) is 11.8. The van der Waals surface area contributed by atoms with Gasteiger partial charge >= 0.3 is 0 Å². The molecule has 31 heavy (non-hydrogen) atoms. The third-order valence-corrected chi connectivity index (χ3v) is 8.43. The van der Waals surface area contributed by atoms with Gasteiger partial charge in [0.1, 0.15) is 0 Å². The zero-order valence-corrected chi connectivity index (χ0v) is 22.0. The zero-order chi connectivity index (χ0) is 22.5. The van der Waals surface area contributed by atoms with E-state index in [1.165, 1.54) is 32.0 Å². The third kappa shape index (κ3) is 4.63. The van der Waals surface area contributed by atoms with Crippen molar-refractivity contribution in [2.45, 2.75) is 51.9 Å². The molecule has 0 spiro atoms. The predicted molar refractivity (Wildman–Crippen MR) is 144 cm³/mol. The minimum Gasteiger partial charge on any atom is -0.322 e. The largest absolute Gasteiger partial charge is 0.322 e. The minimum absolute atomic E-state index is 0.0275. The van der Waals surface area contributed by atoms with Crippen LogP contribution in [0.1, 0.15) is 37.4 Å². The molecule has 0 amide bonds. The molecular weight excluding hydrogens is 461 g/mol. The maximum Gasteiger partial charge on any atom is 0.0668 e. The molecule has 4 nitrogen and oxygen atoms in total. The molecule has 4 atom stereocenters. The summed E-state index contributed by atoms with van der Waals surface area (Å²) < 4.78 is 9.13. The Labute approximate surface area is 204 Å². The van der Waals surface area contributed by atoms with Crippen LogP contribution in [0.4, 0.5) is 0 Å². The molecule has 3 heterocycles. The third-order valence-electron chi connectivity index (χ3n) is 5.44. The highest BCUT2D eigenvalue weighted by Gasteiger charge is 2.45. The van der Waals surface area contributed by atoms with Gasteiger partial charge in [0, 0.05) is 21.9 Å². The first kappa shape index (κ1) is 24.8. The van der Waals surface area contributed by atoms with E-state index in [0.29, 0.717) is 0 Å². The molecule has 4 unspecified atom stereocenters. The summed E-state index contributed by atoms with van der Waals surface area (Å²) in [5, 5.41) is 4.24. The molecule has 5 rings (SSSR count). The molecule has 168 valence electrons. The number of nitrogens with one attached hydrogen (secondary N) is 2. The van der Waals surface area contributed by atoms with Crippen molar-refractivity contribution in [2.75, 3.05) is 7.05 Å². The Morgan fingerprint density at radius 1 is 0.968 bits per heavy atom. The number of nitrogens with two attached hydrogens (primary N) is 1. The standard InChI is InChI=1S/C19H20N4S4.2C2H6/c1-23-19-11-9-12(14-4-2-6-25-14)16(20)17(21-24)10(11)8-13(18(19)22-27-23)15-5-3-7-26-15;2*1-2/h2-9,16-19,21-22,24H,20H2,1H3;2*1-2H3. The summed E-state index contributed by atoms with van der Waals surface area (Å²) in [6, 6.07) is 8.90. The van der Waals surface area contributed by atoms with Gasteiger partial charge in [-0.1, -0.05) is 64.8 Å². The quantitative estimate of drug-likeness (QED) is 0.331. The van der Waals surface area contributed by atoms with Crippen LogP contribution in [0.3, 0.4) is 0 Å². The molecule has 0 aromatic carbocycles. The molecule has 0 saturated carbocycles. The van der Waals surface area contributed by atoms with E-state index >= 15 is 0 Å². The normalized spacial score (nSPS) is 27.2. The van der Waals surface area contributed by atoms with Gasteiger partial charge in [0.05, 0.1) is 24.2 Å². The second kappa shape index (κ2) is 11.3. The molecule has 2 aromatic rings. The monoisotopic (exact) mass is 492 g/mol. The van der Waals surface area contributed by atoms with Gasteiger partial charge in [-0.2, -0.15) is 0 Å². The van der Waals surface area contributed by atoms with Crippen molar-refractivity contribution in [1.29, 1.82) is 0 Å². The Balaban J connectivity index is 0.000000645. The lowest BCUT2D eigenvalue weighted by Gasteiger charge is -2.39. The number of likely N-dealkylation sites (N-methyl/N-ethyl adjacent to an activating group) is 1. The van der Waals surface area contributed by atoms with Crippen molar-refractivity contribution < 1.29 is 0 Å². The van der Waals surface area contributed by atoms with Crippen LogP contribution in [0.25, 0.3) is 11.1 Å². The van der Waals surface area contributed by atoms with Gasteiger partial charge in [-0.15, -0.1) is 22.7 Å². The number of hydrogen-bond donors (Lipinski definition) is 4. The maximum atomic E-state index is 6.70. The minimum atomic E-state index is -0.135. The first-order valence-corrected chi connectivity index (χ1v) is 13.7. The number of hydrogen-bond acceptors (Lipinski definition) is 8. The summed E-state index contributed by atoms with van der Waals surface area (Å²) in [6.45, 7) is 8.00. The van der Waals surface area contributed by atoms with Crippen LogP contribution in [0, 0.1) is 0 Å². The average Bonchev–Trinajstić information content (AvgIpc) is 3.58. The molecule has 2 aliphatic carbocycles.